The van der Waals surface area contributed by atoms with Crippen LogP contribution in [0, 0.1) is 0 Å². The van der Waals surface area contributed by atoms with Crippen molar-refractivity contribution in [2.45, 2.75) is 26.3 Å². The lowest BCUT2D eigenvalue weighted by molar-refractivity contribution is -0.130. The SMILES string of the molecule is CCCCN(C)C(=O)Cn1c(-c2ccccc2Cl)nc2ccccc21. The van der Waals surface area contributed by atoms with Crippen LogP contribution in [-0.4, -0.2) is 34.0 Å². The molecule has 0 aliphatic heterocycles. The molecule has 2 aromatic carbocycles. The van der Waals surface area contributed by atoms with Gasteiger partial charge < -0.3 is 9.47 Å². The molecule has 0 saturated carbocycles. The number of aromatic nitrogens is 2. The van der Waals surface area contributed by atoms with Crippen molar-refractivity contribution in [3.8, 4) is 11.4 Å². The number of fused-ring (bicyclic) bond motifs is 1. The normalized spacial score (nSPS) is 11.0. The van der Waals surface area contributed by atoms with Crippen molar-refractivity contribution in [2.75, 3.05) is 13.6 Å². The molecule has 0 aliphatic rings. The van der Waals surface area contributed by atoms with Gasteiger partial charge in [0.2, 0.25) is 5.91 Å². The molecule has 25 heavy (non-hydrogen) atoms. The lowest BCUT2D eigenvalue weighted by Gasteiger charge is -2.18. The third-order valence-corrected chi connectivity index (χ3v) is 4.67. The Balaban J connectivity index is 2.02. The van der Waals surface area contributed by atoms with E-state index in [0.717, 1.165) is 41.8 Å². The largest absolute Gasteiger partial charge is 0.344 e. The van der Waals surface area contributed by atoms with Gasteiger partial charge in [-0.05, 0) is 30.7 Å². The first-order chi connectivity index (χ1) is 12.1. The van der Waals surface area contributed by atoms with Crippen LogP contribution in [0.3, 0.4) is 0 Å². The van der Waals surface area contributed by atoms with Gasteiger partial charge in [0, 0.05) is 19.2 Å². The Labute approximate surface area is 153 Å². The average molecular weight is 356 g/mol. The van der Waals surface area contributed by atoms with Crippen molar-refractivity contribution in [2.24, 2.45) is 0 Å². The molecule has 0 N–H and O–H groups in total. The Morgan fingerprint density at radius 1 is 1.16 bits per heavy atom. The van der Waals surface area contributed by atoms with Gasteiger partial charge in [-0.3, -0.25) is 4.79 Å². The average Bonchev–Trinajstić information content (AvgIpc) is 2.98. The molecule has 3 aromatic rings. The van der Waals surface area contributed by atoms with E-state index in [1.807, 2.05) is 60.1 Å². The maximum Gasteiger partial charge on any atom is 0.242 e. The Bertz CT molecular complexity index is 888. The summed E-state index contributed by atoms with van der Waals surface area (Å²) in [5.74, 6) is 0.800. The summed E-state index contributed by atoms with van der Waals surface area (Å²) in [4.78, 5) is 19.2. The number of rotatable bonds is 6. The Morgan fingerprint density at radius 3 is 2.64 bits per heavy atom. The highest BCUT2D eigenvalue weighted by Gasteiger charge is 2.18. The maximum absolute atomic E-state index is 12.7. The molecule has 0 aliphatic carbocycles. The fourth-order valence-electron chi connectivity index (χ4n) is 2.86. The van der Waals surface area contributed by atoms with Crippen LogP contribution in [0.1, 0.15) is 19.8 Å². The van der Waals surface area contributed by atoms with E-state index in [1.54, 1.807) is 4.90 Å². The van der Waals surface area contributed by atoms with Crippen LogP contribution in [0.2, 0.25) is 5.02 Å². The molecule has 0 atom stereocenters. The van der Waals surface area contributed by atoms with E-state index in [9.17, 15) is 4.79 Å². The molecule has 3 rings (SSSR count). The second-order valence-electron chi connectivity index (χ2n) is 6.16. The molecule has 0 bridgehead atoms. The summed E-state index contributed by atoms with van der Waals surface area (Å²) >= 11 is 6.38. The Hall–Kier alpha value is -2.33. The number of likely N-dealkylation sites (N-methyl/N-ethyl adjacent to an activating group) is 1. The number of nitrogens with zero attached hydrogens (tertiary/aromatic N) is 3. The Kier molecular flexibility index (Phi) is 5.39. The van der Waals surface area contributed by atoms with Crippen molar-refractivity contribution in [1.82, 2.24) is 14.5 Å². The van der Waals surface area contributed by atoms with Crippen LogP contribution in [0.15, 0.2) is 48.5 Å². The quantitative estimate of drug-likeness (QED) is 0.647. The summed E-state index contributed by atoms with van der Waals surface area (Å²) in [6, 6.07) is 15.5. The minimum atomic E-state index is 0.0740. The molecule has 5 heteroatoms. The van der Waals surface area contributed by atoms with Gasteiger partial charge in [-0.15, -0.1) is 0 Å². The molecule has 130 valence electrons. The summed E-state index contributed by atoms with van der Waals surface area (Å²) in [6.45, 7) is 3.14. The van der Waals surface area contributed by atoms with Crippen LogP contribution in [0.4, 0.5) is 0 Å². The van der Waals surface area contributed by atoms with Crippen LogP contribution in [0.25, 0.3) is 22.4 Å². The third kappa shape index (κ3) is 3.69. The molecule has 0 radical (unpaired) electrons. The van der Waals surface area contributed by atoms with Gasteiger partial charge in [-0.2, -0.15) is 0 Å². The van der Waals surface area contributed by atoms with E-state index in [1.165, 1.54) is 0 Å². The van der Waals surface area contributed by atoms with Crippen molar-refractivity contribution in [3.63, 3.8) is 0 Å². The van der Waals surface area contributed by atoms with Gasteiger partial charge in [0.25, 0.3) is 0 Å². The number of hydrogen-bond donors (Lipinski definition) is 0. The number of imidazole rings is 1. The van der Waals surface area contributed by atoms with E-state index in [2.05, 4.69) is 6.92 Å². The molecular weight excluding hydrogens is 334 g/mol. The monoisotopic (exact) mass is 355 g/mol. The smallest absolute Gasteiger partial charge is 0.242 e. The molecule has 1 amide bonds. The highest BCUT2D eigenvalue weighted by Crippen LogP contribution is 2.30. The van der Waals surface area contributed by atoms with Crippen molar-refractivity contribution < 1.29 is 4.79 Å². The summed E-state index contributed by atoms with van der Waals surface area (Å²) < 4.78 is 1.96. The van der Waals surface area contributed by atoms with Gasteiger partial charge in [0.15, 0.2) is 0 Å². The number of amides is 1. The zero-order valence-corrected chi connectivity index (χ0v) is 15.3. The first-order valence-corrected chi connectivity index (χ1v) is 8.93. The van der Waals surface area contributed by atoms with Crippen LogP contribution in [0.5, 0.6) is 0 Å². The van der Waals surface area contributed by atoms with Crippen molar-refractivity contribution in [3.05, 3.63) is 53.6 Å². The summed E-state index contributed by atoms with van der Waals surface area (Å²) in [7, 11) is 1.85. The van der Waals surface area contributed by atoms with E-state index < -0.39 is 0 Å². The molecule has 1 heterocycles. The highest BCUT2D eigenvalue weighted by molar-refractivity contribution is 6.33. The van der Waals surface area contributed by atoms with Crippen molar-refractivity contribution >= 4 is 28.5 Å². The molecule has 0 unspecified atom stereocenters. The summed E-state index contributed by atoms with van der Waals surface area (Å²) in [5.41, 5.74) is 2.64. The number of para-hydroxylation sites is 2. The van der Waals surface area contributed by atoms with Gasteiger partial charge in [-0.1, -0.05) is 49.2 Å². The first-order valence-electron chi connectivity index (χ1n) is 8.56. The zero-order chi connectivity index (χ0) is 17.8. The van der Waals surface area contributed by atoms with Gasteiger partial charge >= 0.3 is 0 Å². The van der Waals surface area contributed by atoms with Crippen LogP contribution in [-0.2, 0) is 11.3 Å². The van der Waals surface area contributed by atoms with Gasteiger partial charge in [-0.25, -0.2) is 4.98 Å². The second-order valence-corrected chi connectivity index (χ2v) is 6.57. The summed E-state index contributed by atoms with van der Waals surface area (Å²) in [5, 5.41) is 0.630. The minimum Gasteiger partial charge on any atom is -0.344 e. The van der Waals surface area contributed by atoms with Crippen LogP contribution < -0.4 is 0 Å². The molecular formula is C20H22ClN3O. The lowest BCUT2D eigenvalue weighted by atomic mass is 10.2. The maximum atomic E-state index is 12.7. The number of carbonyl (C=O) groups excluding carboxylic acids is 1. The number of benzene rings is 2. The second kappa shape index (κ2) is 7.70. The van der Waals surface area contributed by atoms with E-state index in [-0.39, 0.29) is 12.5 Å². The van der Waals surface area contributed by atoms with E-state index in [4.69, 9.17) is 16.6 Å². The minimum absolute atomic E-state index is 0.0740. The predicted molar refractivity (Wildman–Crippen MR) is 103 cm³/mol. The fraction of sp³-hybridized carbons (Fsp3) is 0.300. The number of unbranched alkanes of at least 4 members (excludes halogenated alkanes) is 1. The van der Waals surface area contributed by atoms with E-state index >= 15 is 0 Å². The third-order valence-electron chi connectivity index (χ3n) is 4.34. The number of hydrogen-bond acceptors (Lipinski definition) is 2. The standard InChI is InChI=1S/C20H22ClN3O/c1-3-4-13-23(2)19(25)14-24-18-12-8-7-11-17(18)22-20(24)15-9-5-6-10-16(15)21/h5-12H,3-4,13-14H2,1-2H3. The molecule has 0 saturated heterocycles. The first kappa shape index (κ1) is 17.5. The molecule has 4 nitrogen and oxygen atoms in total. The topological polar surface area (TPSA) is 38.1 Å². The number of halogens is 1. The van der Waals surface area contributed by atoms with Crippen LogP contribution >= 0.6 is 11.6 Å². The predicted octanol–water partition coefficient (Wildman–Crippen LogP) is 4.62. The molecule has 1 aromatic heterocycles. The van der Waals surface area contributed by atoms with Gasteiger partial charge in [0.05, 0.1) is 16.1 Å². The van der Waals surface area contributed by atoms with Gasteiger partial charge in [0.1, 0.15) is 12.4 Å². The van der Waals surface area contributed by atoms with E-state index in [0.29, 0.717) is 5.02 Å². The highest BCUT2D eigenvalue weighted by atomic mass is 35.5. The molecule has 0 fully saturated rings. The molecule has 0 spiro atoms. The summed E-state index contributed by atoms with van der Waals surface area (Å²) in [6.07, 6.45) is 2.07. The zero-order valence-electron chi connectivity index (χ0n) is 14.6. The number of carbonyl (C=O) groups is 1. The Morgan fingerprint density at radius 2 is 1.88 bits per heavy atom. The lowest BCUT2D eigenvalue weighted by Crippen LogP contribution is -2.31. The fourth-order valence-corrected chi connectivity index (χ4v) is 3.08. The van der Waals surface area contributed by atoms with Crippen molar-refractivity contribution in [1.29, 1.82) is 0 Å².